The maximum atomic E-state index is 14.2. The Labute approximate surface area is 246 Å². The molecular weight excluding hydrogens is 565 g/mol. The summed E-state index contributed by atoms with van der Waals surface area (Å²) in [5.41, 5.74) is 3.72. The molecule has 0 saturated heterocycles. The fourth-order valence-electron chi connectivity index (χ4n) is 5.78. The second-order valence-electron chi connectivity index (χ2n) is 10.5. The lowest BCUT2D eigenvalue weighted by molar-refractivity contribution is -0.117. The Kier molecular flexibility index (Phi) is 6.47. The number of nitrogens with zero attached hydrogens (tertiary/aromatic N) is 5. The number of carbonyl (C=O) groups is 2. The van der Waals surface area contributed by atoms with Crippen molar-refractivity contribution >= 4 is 46.4 Å². The number of benzene rings is 2. The summed E-state index contributed by atoms with van der Waals surface area (Å²) in [7, 11) is 4.90. The molecule has 2 aromatic carbocycles. The second-order valence-corrected chi connectivity index (χ2v) is 11.4. The Bertz CT molecular complexity index is 1810. The van der Waals surface area contributed by atoms with Crippen LogP contribution in [0.2, 0.25) is 10.0 Å². The number of aromatic nitrogens is 3. The standard InChI is InChI=1S/C30H27Cl2N5O4/c1-15(2)36-27-25(33-28(36)20-10-17-11-24(38)35(4)21(17)13-23(20)41-5)30(40)37(22-12-19(32)14-34(3)29(22)39)26(27)16-6-8-18(31)9-7-16/h6-10,12-15,26H,11H2,1-5H3/t26-/m1/s1. The summed E-state index contributed by atoms with van der Waals surface area (Å²) in [5.74, 6) is 0.644. The van der Waals surface area contributed by atoms with Gasteiger partial charge in [-0.2, -0.15) is 0 Å². The van der Waals surface area contributed by atoms with Crippen molar-refractivity contribution in [2.24, 2.45) is 7.05 Å². The fourth-order valence-corrected chi connectivity index (χ4v) is 6.16. The summed E-state index contributed by atoms with van der Waals surface area (Å²) in [5, 5.41) is 0.869. The number of fused-ring (bicyclic) bond motifs is 2. The number of likely N-dealkylation sites (N-methyl/N-ethyl adjacent to an activating group) is 1. The van der Waals surface area contributed by atoms with Gasteiger partial charge in [-0.25, -0.2) is 4.98 Å². The van der Waals surface area contributed by atoms with Gasteiger partial charge in [0.1, 0.15) is 23.3 Å². The number of aryl methyl sites for hydroxylation is 1. The van der Waals surface area contributed by atoms with Crippen molar-refractivity contribution in [1.29, 1.82) is 0 Å². The Hall–Kier alpha value is -4.08. The number of rotatable bonds is 5. The van der Waals surface area contributed by atoms with E-state index in [-0.39, 0.29) is 35.3 Å². The van der Waals surface area contributed by atoms with E-state index in [9.17, 15) is 14.4 Å². The quantitative estimate of drug-likeness (QED) is 0.309. The van der Waals surface area contributed by atoms with Gasteiger partial charge in [-0.3, -0.25) is 19.3 Å². The van der Waals surface area contributed by atoms with Crippen LogP contribution in [0.1, 0.15) is 53.2 Å². The van der Waals surface area contributed by atoms with Crippen LogP contribution in [-0.2, 0) is 18.3 Å². The van der Waals surface area contributed by atoms with Gasteiger partial charge in [-0.15, -0.1) is 0 Å². The Morgan fingerprint density at radius 3 is 2.34 bits per heavy atom. The van der Waals surface area contributed by atoms with Gasteiger partial charge in [0.15, 0.2) is 5.69 Å². The summed E-state index contributed by atoms with van der Waals surface area (Å²) in [6.45, 7) is 4.01. The van der Waals surface area contributed by atoms with Crippen molar-refractivity contribution in [3.8, 4) is 17.1 Å². The number of anilines is 2. The molecule has 9 nitrogen and oxygen atoms in total. The van der Waals surface area contributed by atoms with Gasteiger partial charge in [0.05, 0.1) is 35.5 Å². The van der Waals surface area contributed by atoms with Gasteiger partial charge in [-0.1, -0.05) is 35.3 Å². The molecule has 210 valence electrons. The molecule has 11 heteroatoms. The summed E-state index contributed by atoms with van der Waals surface area (Å²) >= 11 is 12.6. The van der Waals surface area contributed by atoms with Gasteiger partial charge >= 0.3 is 0 Å². The summed E-state index contributed by atoms with van der Waals surface area (Å²) in [6, 6.07) is 11.6. The lowest BCUT2D eigenvalue weighted by Crippen LogP contribution is -2.36. The largest absolute Gasteiger partial charge is 0.496 e. The predicted molar refractivity (Wildman–Crippen MR) is 159 cm³/mol. The minimum absolute atomic E-state index is 0.00868. The van der Waals surface area contributed by atoms with E-state index >= 15 is 0 Å². The van der Waals surface area contributed by atoms with Crippen LogP contribution in [-0.4, -0.2) is 40.1 Å². The van der Waals surface area contributed by atoms with Crippen LogP contribution >= 0.6 is 23.2 Å². The average molecular weight is 592 g/mol. The molecule has 41 heavy (non-hydrogen) atoms. The molecule has 2 aliphatic rings. The average Bonchev–Trinajstić information content (AvgIpc) is 3.55. The number of carbonyl (C=O) groups excluding carboxylic acids is 2. The van der Waals surface area contributed by atoms with Crippen molar-refractivity contribution in [3.05, 3.63) is 91.6 Å². The van der Waals surface area contributed by atoms with Gasteiger partial charge in [0.25, 0.3) is 11.5 Å². The molecule has 0 bridgehead atoms. The third-order valence-corrected chi connectivity index (χ3v) is 8.16. The predicted octanol–water partition coefficient (Wildman–Crippen LogP) is 5.41. The molecular formula is C30H27Cl2N5O4. The molecule has 0 radical (unpaired) electrons. The molecule has 0 spiro atoms. The molecule has 2 aliphatic heterocycles. The monoisotopic (exact) mass is 591 g/mol. The molecule has 1 atom stereocenters. The van der Waals surface area contributed by atoms with Crippen molar-refractivity contribution in [1.82, 2.24) is 14.1 Å². The van der Waals surface area contributed by atoms with Crippen LogP contribution in [0.15, 0.2) is 53.5 Å². The highest BCUT2D eigenvalue weighted by molar-refractivity contribution is 6.31. The number of imidazole rings is 1. The normalized spacial score (nSPS) is 16.1. The molecule has 0 aliphatic carbocycles. The zero-order chi connectivity index (χ0) is 29.3. The third kappa shape index (κ3) is 4.14. The number of hydrogen-bond acceptors (Lipinski definition) is 5. The molecule has 2 amide bonds. The first-order valence-corrected chi connectivity index (χ1v) is 13.8. The van der Waals surface area contributed by atoms with Crippen molar-refractivity contribution < 1.29 is 14.3 Å². The van der Waals surface area contributed by atoms with E-state index in [1.807, 2.05) is 42.7 Å². The van der Waals surface area contributed by atoms with E-state index in [0.29, 0.717) is 32.9 Å². The molecule has 4 heterocycles. The van der Waals surface area contributed by atoms with Gasteiger partial charge < -0.3 is 18.8 Å². The number of halogens is 2. The van der Waals surface area contributed by atoms with E-state index in [4.69, 9.17) is 32.9 Å². The number of hydrogen-bond donors (Lipinski definition) is 0. The minimum Gasteiger partial charge on any atom is -0.496 e. The highest BCUT2D eigenvalue weighted by atomic mass is 35.5. The minimum atomic E-state index is -0.683. The molecule has 0 fully saturated rings. The van der Waals surface area contributed by atoms with Crippen LogP contribution in [0.4, 0.5) is 11.4 Å². The first-order chi connectivity index (χ1) is 19.5. The number of ether oxygens (including phenoxy) is 1. The van der Waals surface area contributed by atoms with E-state index in [1.54, 1.807) is 38.2 Å². The van der Waals surface area contributed by atoms with E-state index in [1.165, 1.54) is 21.7 Å². The zero-order valence-corrected chi connectivity index (χ0v) is 24.6. The topological polar surface area (TPSA) is 89.7 Å². The number of amides is 2. The maximum Gasteiger partial charge on any atom is 0.279 e. The van der Waals surface area contributed by atoms with E-state index in [0.717, 1.165) is 16.8 Å². The van der Waals surface area contributed by atoms with Gasteiger partial charge in [-0.05, 0) is 49.2 Å². The molecule has 0 N–H and O–H groups in total. The first-order valence-electron chi connectivity index (χ1n) is 13.1. The Morgan fingerprint density at radius 1 is 0.976 bits per heavy atom. The molecule has 6 rings (SSSR count). The molecule has 0 unspecified atom stereocenters. The number of methoxy groups -OCH3 is 1. The van der Waals surface area contributed by atoms with Gasteiger partial charge in [0.2, 0.25) is 5.91 Å². The van der Waals surface area contributed by atoms with Crippen molar-refractivity contribution in [3.63, 3.8) is 0 Å². The highest BCUT2D eigenvalue weighted by Gasteiger charge is 2.46. The van der Waals surface area contributed by atoms with Crippen LogP contribution in [0.5, 0.6) is 5.75 Å². The van der Waals surface area contributed by atoms with Gasteiger partial charge in [0, 0.05) is 37.4 Å². The van der Waals surface area contributed by atoms with Crippen LogP contribution in [0.25, 0.3) is 11.4 Å². The zero-order valence-electron chi connectivity index (χ0n) is 23.1. The smallest absolute Gasteiger partial charge is 0.279 e. The lowest BCUT2D eigenvalue weighted by Gasteiger charge is -2.28. The molecule has 2 aromatic heterocycles. The summed E-state index contributed by atoms with van der Waals surface area (Å²) in [6.07, 6.45) is 1.77. The Balaban J connectivity index is 1.63. The van der Waals surface area contributed by atoms with Crippen LogP contribution < -0.4 is 20.1 Å². The highest BCUT2D eigenvalue weighted by Crippen LogP contribution is 2.46. The summed E-state index contributed by atoms with van der Waals surface area (Å²) < 4.78 is 9.13. The first kappa shape index (κ1) is 27.1. The van der Waals surface area contributed by atoms with Crippen molar-refractivity contribution in [2.45, 2.75) is 32.4 Å². The fraction of sp³-hybridized carbons (Fsp3) is 0.267. The third-order valence-electron chi connectivity index (χ3n) is 7.70. The summed E-state index contributed by atoms with van der Waals surface area (Å²) in [4.78, 5) is 48.0. The van der Waals surface area contributed by atoms with Crippen LogP contribution in [0.3, 0.4) is 0 Å². The lowest BCUT2D eigenvalue weighted by atomic mass is 10.0. The van der Waals surface area contributed by atoms with Crippen LogP contribution in [0, 0.1) is 0 Å². The van der Waals surface area contributed by atoms with E-state index < -0.39 is 11.9 Å². The number of pyridine rings is 1. The van der Waals surface area contributed by atoms with Crippen molar-refractivity contribution in [2.75, 3.05) is 24.0 Å². The SMILES string of the molecule is COc1cc2c(cc1-c1nc3c(n1C(C)C)[C@@H](c1ccc(Cl)cc1)N(c1cc(Cl)cn(C)c1=O)C3=O)CC(=O)N2C. The molecule has 0 saturated carbocycles. The maximum absolute atomic E-state index is 14.2. The second kappa shape index (κ2) is 9.78. The van der Waals surface area contributed by atoms with E-state index in [2.05, 4.69) is 0 Å². The Morgan fingerprint density at radius 2 is 1.68 bits per heavy atom. The molecule has 4 aromatic rings.